The van der Waals surface area contributed by atoms with Gasteiger partial charge in [0.05, 0.1) is 5.54 Å². The van der Waals surface area contributed by atoms with Crippen molar-refractivity contribution in [1.29, 1.82) is 0 Å². The molecule has 0 heterocycles. The van der Waals surface area contributed by atoms with E-state index in [1.807, 2.05) is 30.3 Å². The molecule has 1 saturated carbocycles. The summed E-state index contributed by atoms with van der Waals surface area (Å²) in [6, 6.07) is 9.44. The van der Waals surface area contributed by atoms with E-state index >= 15 is 0 Å². The van der Waals surface area contributed by atoms with E-state index in [0.717, 1.165) is 18.4 Å². The van der Waals surface area contributed by atoms with E-state index in [0.29, 0.717) is 12.8 Å². The maximum Gasteiger partial charge on any atom is 0.407 e. The van der Waals surface area contributed by atoms with Crippen molar-refractivity contribution in [2.45, 2.75) is 37.8 Å². The van der Waals surface area contributed by atoms with Gasteiger partial charge in [-0.2, -0.15) is 0 Å². The number of rotatable bonds is 4. The highest BCUT2D eigenvalue weighted by Crippen LogP contribution is 2.30. The quantitative estimate of drug-likeness (QED) is 0.892. The van der Waals surface area contributed by atoms with Crippen LogP contribution in [0, 0.1) is 0 Å². The first kappa shape index (κ1) is 12.9. The van der Waals surface area contributed by atoms with Gasteiger partial charge in [0.2, 0.25) is 0 Å². The summed E-state index contributed by atoms with van der Waals surface area (Å²) in [5.74, 6) is 0. The first-order valence-electron chi connectivity index (χ1n) is 6.29. The lowest BCUT2D eigenvalue weighted by atomic mass is 10.0. The molecule has 1 aliphatic rings. The number of hydrogen-bond donors (Lipinski definition) is 1. The molecule has 0 aliphatic heterocycles. The van der Waals surface area contributed by atoms with Crippen LogP contribution in [0.15, 0.2) is 30.3 Å². The second-order valence-electron chi connectivity index (χ2n) is 4.81. The fraction of sp³-hybridized carbons (Fsp3) is 0.500. The standard InChI is InChI=1S/C14H18FNO2/c15-11-14(8-4-5-9-14)16-13(17)18-10-12-6-2-1-3-7-12/h1-3,6-7H,4-5,8-11H2,(H,16,17). The fourth-order valence-electron chi connectivity index (χ4n) is 2.32. The van der Waals surface area contributed by atoms with E-state index in [-0.39, 0.29) is 6.61 Å². The highest BCUT2D eigenvalue weighted by molar-refractivity contribution is 5.68. The Bertz CT molecular complexity index is 388. The Morgan fingerprint density at radius 1 is 1.28 bits per heavy atom. The number of hydrogen-bond acceptors (Lipinski definition) is 2. The van der Waals surface area contributed by atoms with Crippen LogP contribution in [0.2, 0.25) is 0 Å². The van der Waals surface area contributed by atoms with Gasteiger partial charge in [0, 0.05) is 0 Å². The first-order valence-corrected chi connectivity index (χ1v) is 6.29. The van der Waals surface area contributed by atoms with Gasteiger partial charge in [0.1, 0.15) is 13.3 Å². The topological polar surface area (TPSA) is 38.3 Å². The van der Waals surface area contributed by atoms with Crippen molar-refractivity contribution in [2.75, 3.05) is 6.67 Å². The fourth-order valence-corrected chi connectivity index (χ4v) is 2.32. The number of carbonyl (C=O) groups excluding carboxylic acids is 1. The SMILES string of the molecule is O=C(NC1(CF)CCCC1)OCc1ccccc1. The van der Waals surface area contributed by atoms with Gasteiger partial charge in [-0.25, -0.2) is 9.18 Å². The molecule has 0 spiro atoms. The van der Waals surface area contributed by atoms with E-state index in [1.54, 1.807) is 0 Å². The van der Waals surface area contributed by atoms with Crippen LogP contribution in [-0.4, -0.2) is 18.3 Å². The van der Waals surface area contributed by atoms with Gasteiger partial charge in [0.25, 0.3) is 0 Å². The summed E-state index contributed by atoms with van der Waals surface area (Å²) in [6.07, 6.45) is 2.79. The van der Waals surface area contributed by atoms with Gasteiger partial charge in [-0.05, 0) is 18.4 Å². The Labute approximate surface area is 106 Å². The first-order chi connectivity index (χ1) is 8.74. The van der Waals surface area contributed by atoms with Crippen LogP contribution < -0.4 is 5.32 Å². The number of benzene rings is 1. The van der Waals surface area contributed by atoms with Crippen LogP contribution >= 0.6 is 0 Å². The number of halogens is 1. The summed E-state index contributed by atoms with van der Waals surface area (Å²) in [5, 5.41) is 2.68. The monoisotopic (exact) mass is 251 g/mol. The summed E-state index contributed by atoms with van der Waals surface area (Å²) in [6.45, 7) is -0.303. The molecule has 4 heteroatoms. The average Bonchev–Trinajstić information content (AvgIpc) is 2.87. The molecule has 0 saturated heterocycles. The van der Waals surface area contributed by atoms with Crippen molar-refractivity contribution < 1.29 is 13.9 Å². The molecule has 2 rings (SSSR count). The summed E-state index contributed by atoms with van der Waals surface area (Å²) < 4.78 is 18.1. The normalized spacial score (nSPS) is 17.4. The second-order valence-corrected chi connectivity index (χ2v) is 4.81. The number of alkyl halides is 1. The third-order valence-electron chi connectivity index (χ3n) is 3.40. The van der Waals surface area contributed by atoms with Gasteiger partial charge >= 0.3 is 6.09 Å². The maximum absolute atomic E-state index is 13.0. The molecule has 0 aromatic heterocycles. The molecule has 0 unspecified atom stereocenters. The van der Waals surface area contributed by atoms with Gasteiger partial charge in [-0.3, -0.25) is 0 Å². The number of amides is 1. The van der Waals surface area contributed by atoms with Crippen molar-refractivity contribution in [3.05, 3.63) is 35.9 Å². The van der Waals surface area contributed by atoms with Crippen LogP contribution in [0.4, 0.5) is 9.18 Å². The predicted octanol–water partition coefficient (Wildman–Crippen LogP) is 3.20. The van der Waals surface area contributed by atoms with Gasteiger partial charge in [0.15, 0.2) is 0 Å². The van der Waals surface area contributed by atoms with Crippen LogP contribution in [0.3, 0.4) is 0 Å². The lowest BCUT2D eigenvalue weighted by Gasteiger charge is -2.26. The zero-order chi connectivity index (χ0) is 12.8. The highest BCUT2D eigenvalue weighted by atomic mass is 19.1. The summed E-state index contributed by atoms with van der Waals surface area (Å²) in [7, 11) is 0. The molecule has 0 atom stereocenters. The van der Waals surface area contributed by atoms with E-state index in [1.165, 1.54) is 0 Å². The van der Waals surface area contributed by atoms with Crippen LogP contribution in [0.25, 0.3) is 0 Å². The van der Waals surface area contributed by atoms with Crippen molar-refractivity contribution in [3.8, 4) is 0 Å². The maximum atomic E-state index is 13.0. The van der Waals surface area contributed by atoms with E-state index in [4.69, 9.17) is 4.74 Å². The number of alkyl carbamates (subject to hydrolysis) is 1. The molecule has 1 N–H and O–H groups in total. The molecule has 18 heavy (non-hydrogen) atoms. The Balaban J connectivity index is 1.82. The Morgan fingerprint density at radius 3 is 2.56 bits per heavy atom. The lowest BCUT2D eigenvalue weighted by molar-refractivity contribution is 0.120. The number of ether oxygens (including phenoxy) is 1. The Hall–Kier alpha value is -1.58. The molecule has 1 aromatic carbocycles. The van der Waals surface area contributed by atoms with E-state index in [9.17, 15) is 9.18 Å². The minimum Gasteiger partial charge on any atom is -0.445 e. The summed E-state index contributed by atoms with van der Waals surface area (Å²) >= 11 is 0. The molecular weight excluding hydrogens is 233 g/mol. The van der Waals surface area contributed by atoms with Crippen LogP contribution in [0.5, 0.6) is 0 Å². The molecule has 1 fully saturated rings. The zero-order valence-electron chi connectivity index (χ0n) is 10.3. The largest absolute Gasteiger partial charge is 0.445 e. The molecule has 0 radical (unpaired) electrons. The summed E-state index contributed by atoms with van der Waals surface area (Å²) in [4.78, 5) is 11.6. The third-order valence-corrected chi connectivity index (χ3v) is 3.40. The molecule has 0 bridgehead atoms. The van der Waals surface area contributed by atoms with Crippen LogP contribution in [0.1, 0.15) is 31.2 Å². The molecular formula is C14H18FNO2. The number of nitrogens with one attached hydrogen (secondary N) is 1. The van der Waals surface area contributed by atoms with Crippen molar-refractivity contribution >= 4 is 6.09 Å². The third kappa shape index (κ3) is 3.22. The predicted molar refractivity (Wildman–Crippen MR) is 66.9 cm³/mol. The lowest BCUT2D eigenvalue weighted by Crippen LogP contribution is -2.48. The molecule has 1 amide bonds. The molecule has 1 aliphatic carbocycles. The number of carbonyl (C=O) groups is 1. The zero-order valence-corrected chi connectivity index (χ0v) is 10.3. The van der Waals surface area contributed by atoms with Crippen molar-refractivity contribution in [1.82, 2.24) is 5.32 Å². The highest BCUT2D eigenvalue weighted by Gasteiger charge is 2.35. The molecule has 98 valence electrons. The van der Waals surface area contributed by atoms with E-state index in [2.05, 4.69) is 5.32 Å². The smallest absolute Gasteiger partial charge is 0.407 e. The molecule has 3 nitrogen and oxygen atoms in total. The Morgan fingerprint density at radius 2 is 1.94 bits per heavy atom. The van der Waals surface area contributed by atoms with Crippen molar-refractivity contribution in [3.63, 3.8) is 0 Å². The minimum atomic E-state index is -0.687. The van der Waals surface area contributed by atoms with Crippen molar-refractivity contribution in [2.24, 2.45) is 0 Å². The average molecular weight is 251 g/mol. The van der Waals surface area contributed by atoms with Gasteiger partial charge in [-0.1, -0.05) is 43.2 Å². The Kier molecular flexibility index (Phi) is 4.18. The van der Waals surface area contributed by atoms with E-state index < -0.39 is 18.3 Å². The molecule has 1 aromatic rings. The van der Waals surface area contributed by atoms with Crippen LogP contribution in [-0.2, 0) is 11.3 Å². The second kappa shape index (κ2) is 5.85. The summed E-state index contributed by atoms with van der Waals surface area (Å²) in [5.41, 5.74) is 0.238. The van der Waals surface area contributed by atoms with Gasteiger partial charge < -0.3 is 10.1 Å². The minimum absolute atomic E-state index is 0.217. The van der Waals surface area contributed by atoms with Gasteiger partial charge in [-0.15, -0.1) is 0 Å².